The molecule has 4 aromatic rings. The first-order chi connectivity index (χ1) is 15.6. The maximum absolute atomic E-state index is 12.3. The molecule has 0 saturated carbocycles. The van der Waals surface area contributed by atoms with E-state index in [2.05, 4.69) is 36.0 Å². The standard InChI is InChI=1S/C23H26N8O/c1-17-16-22(31-21(25-17)15-18(2)26-31)29-12-9-28(10-13-29)11-14-30-23(32)4-3-20(27-30)19-5-7-24-8-6-19/h3-8,15-16H,9-14H2,1-2H3. The van der Waals surface area contributed by atoms with E-state index in [0.29, 0.717) is 6.54 Å². The summed E-state index contributed by atoms with van der Waals surface area (Å²) in [6.07, 6.45) is 3.46. The average molecular weight is 431 g/mol. The fourth-order valence-corrected chi connectivity index (χ4v) is 4.14. The van der Waals surface area contributed by atoms with Crippen molar-refractivity contribution in [2.75, 3.05) is 37.6 Å². The maximum Gasteiger partial charge on any atom is 0.266 e. The minimum absolute atomic E-state index is 0.0786. The lowest BCUT2D eigenvalue weighted by atomic mass is 10.2. The molecule has 0 bridgehead atoms. The Kier molecular flexibility index (Phi) is 5.40. The second-order valence-corrected chi connectivity index (χ2v) is 8.16. The molecule has 0 spiro atoms. The molecule has 0 aromatic carbocycles. The van der Waals surface area contributed by atoms with Gasteiger partial charge in [0.15, 0.2) is 5.65 Å². The lowest BCUT2D eigenvalue weighted by Crippen LogP contribution is -2.48. The first-order valence-corrected chi connectivity index (χ1v) is 10.9. The third-order valence-corrected chi connectivity index (χ3v) is 5.83. The van der Waals surface area contributed by atoms with Crippen LogP contribution in [-0.4, -0.2) is 67.0 Å². The normalized spacial score (nSPS) is 14.9. The third-order valence-electron chi connectivity index (χ3n) is 5.83. The van der Waals surface area contributed by atoms with E-state index < -0.39 is 0 Å². The molecule has 1 saturated heterocycles. The first-order valence-electron chi connectivity index (χ1n) is 10.9. The van der Waals surface area contributed by atoms with E-state index in [1.807, 2.05) is 36.6 Å². The summed E-state index contributed by atoms with van der Waals surface area (Å²) in [6, 6.07) is 11.3. The van der Waals surface area contributed by atoms with Gasteiger partial charge in [0, 0.05) is 74.6 Å². The Morgan fingerprint density at radius 1 is 0.875 bits per heavy atom. The van der Waals surface area contributed by atoms with Gasteiger partial charge in [0.25, 0.3) is 5.56 Å². The van der Waals surface area contributed by atoms with Crippen molar-refractivity contribution in [3.8, 4) is 11.3 Å². The molecule has 32 heavy (non-hydrogen) atoms. The van der Waals surface area contributed by atoms with Crippen molar-refractivity contribution in [3.63, 3.8) is 0 Å². The predicted molar refractivity (Wildman–Crippen MR) is 123 cm³/mol. The van der Waals surface area contributed by atoms with Gasteiger partial charge in [-0.3, -0.25) is 14.7 Å². The van der Waals surface area contributed by atoms with E-state index in [0.717, 1.165) is 66.8 Å². The van der Waals surface area contributed by atoms with Gasteiger partial charge in [0.2, 0.25) is 0 Å². The number of aryl methyl sites for hydroxylation is 2. The Morgan fingerprint density at radius 2 is 1.66 bits per heavy atom. The minimum atomic E-state index is -0.0786. The van der Waals surface area contributed by atoms with Crippen LogP contribution in [0, 0.1) is 13.8 Å². The van der Waals surface area contributed by atoms with Crippen molar-refractivity contribution in [1.82, 2.24) is 34.3 Å². The summed E-state index contributed by atoms with van der Waals surface area (Å²) >= 11 is 0. The van der Waals surface area contributed by atoms with Crippen molar-refractivity contribution in [2.24, 2.45) is 0 Å². The van der Waals surface area contributed by atoms with Crippen molar-refractivity contribution in [1.29, 1.82) is 0 Å². The molecule has 9 heteroatoms. The lowest BCUT2D eigenvalue weighted by molar-refractivity contribution is 0.242. The molecule has 5 heterocycles. The van der Waals surface area contributed by atoms with Gasteiger partial charge in [-0.05, 0) is 32.0 Å². The Labute approximate surface area is 186 Å². The van der Waals surface area contributed by atoms with E-state index in [9.17, 15) is 4.79 Å². The molecule has 5 rings (SSSR count). The van der Waals surface area contributed by atoms with Gasteiger partial charge in [-0.1, -0.05) is 0 Å². The lowest BCUT2D eigenvalue weighted by Gasteiger charge is -2.36. The summed E-state index contributed by atoms with van der Waals surface area (Å²) in [7, 11) is 0. The molecular weight excluding hydrogens is 404 g/mol. The topological polar surface area (TPSA) is 84.5 Å². The smallest absolute Gasteiger partial charge is 0.266 e. The molecule has 0 atom stereocenters. The van der Waals surface area contributed by atoms with Gasteiger partial charge in [-0.15, -0.1) is 0 Å². The Morgan fingerprint density at radius 3 is 2.44 bits per heavy atom. The van der Waals surface area contributed by atoms with Crippen LogP contribution in [0.1, 0.15) is 11.4 Å². The van der Waals surface area contributed by atoms with Gasteiger partial charge < -0.3 is 4.90 Å². The second kappa shape index (κ2) is 8.51. The number of fused-ring (bicyclic) bond motifs is 1. The zero-order valence-electron chi connectivity index (χ0n) is 18.3. The van der Waals surface area contributed by atoms with Crippen LogP contribution in [-0.2, 0) is 6.54 Å². The van der Waals surface area contributed by atoms with Crippen LogP contribution in [0.3, 0.4) is 0 Å². The summed E-state index contributed by atoms with van der Waals surface area (Å²) in [6.45, 7) is 9.00. The molecule has 0 radical (unpaired) electrons. The first kappa shape index (κ1) is 20.3. The van der Waals surface area contributed by atoms with E-state index in [1.54, 1.807) is 29.2 Å². The fourth-order valence-electron chi connectivity index (χ4n) is 4.14. The highest BCUT2D eigenvalue weighted by Crippen LogP contribution is 2.20. The SMILES string of the molecule is Cc1cc(N2CCN(CCn3nc(-c4ccncc4)ccc3=O)CC2)n2nc(C)cc2n1. The summed E-state index contributed by atoms with van der Waals surface area (Å²) < 4.78 is 3.50. The number of pyridine rings is 1. The molecule has 0 amide bonds. The quantitative estimate of drug-likeness (QED) is 0.477. The molecule has 0 unspecified atom stereocenters. The summed E-state index contributed by atoms with van der Waals surface area (Å²) in [5.74, 6) is 1.09. The van der Waals surface area contributed by atoms with E-state index in [-0.39, 0.29) is 5.56 Å². The highest BCUT2D eigenvalue weighted by molar-refractivity contribution is 5.57. The average Bonchev–Trinajstić information content (AvgIpc) is 3.19. The van der Waals surface area contributed by atoms with Gasteiger partial charge in [0.1, 0.15) is 5.82 Å². The Bertz CT molecular complexity index is 1290. The van der Waals surface area contributed by atoms with Crippen molar-refractivity contribution in [3.05, 3.63) is 70.5 Å². The van der Waals surface area contributed by atoms with E-state index in [4.69, 9.17) is 0 Å². The third kappa shape index (κ3) is 4.11. The maximum atomic E-state index is 12.3. The van der Waals surface area contributed by atoms with Gasteiger partial charge in [0.05, 0.1) is 17.9 Å². The zero-order valence-corrected chi connectivity index (χ0v) is 18.3. The molecule has 1 aliphatic rings. The number of anilines is 1. The van der Waals surface area contributed by atoms with Crippen molar-refractivity contribution >= 4 is 11.5 Å². The van der Waals surface area contributed by atoms with Gasteiger partial charge >= 0.3 is 0 Å². The largest absolute Gasteiger partial charge is 0.354 e. The van der Waals surface area contributed by atoms with Crippen LogP contribution in [0.15, 0.2) is 53.6 Å². The van der Waals surface area contributed by atoms with Crippen molar-refractivity contribution in [2.45, 2.75) is 20.4 Å². The Hall–Kier alpha value is -3.59. The predicted octanol–water partition coefficient (Wildman–Crippen LogP) is 1.79. The number of hydrogen-bond donors (Lipinski definition) is 0. The second-order valence-electron chi connectivity index (χ2n) is 8.16. The summed E-state index contributed by atoms with van der Waals surface area (Å²) in [4.78, 5) is 25.7. The number of hydrogen-bond acceptors (Lipinski definition) is 7. The van der Waals surface area contributed by atoms with Crippen LogP contribution < -0.4 is 10.5 Å². The number of piperazine rings is 1. The molecule has 4 aromatic heterocycles. The number of nitrogens with zero attached hydrogens (tertiary/aromatic N) is 8. The monoisotopic (exact) mass is 430 g/mol. The molecular formula is C23H26N8O. The van der Waals surface area contributed by atoms with Crippen LogP contribution >= 0.6 is 0 Å². The highest BCUT2D eigenvalue weighted by atomic mass is 16.1. The molecule has 1 aliphatic heterocycles. The molecule has 1 fully saturated rings. The van der Waals surface area contributed by atoms with Gasteiger partial charge in [-0.25, -0.2) is 9.67 Å². The molecule has 0 aliphatic carbocycles. The highest BCUT2D eigenvalue weighted by Gasteiger charge is 2.20. The van der Waals surface area contributed by atoms with Gasteiger partial charge in [-0.2, -0.15) is 14.7 Å². The van der Waals surface area contributed by atoms with Crippen LogP contribution in [0.4, 0.5) is 5.82 Å². The van der Waals surface area contributed by atoms with Crippen LogP contribution in [0.25, 0.3) is 16.9 Å². The summed E-state index contributed by atoms with van der Waals surface area (Å²) in [5, 5.41) is 9.17. The van der Waals surface area contributed by atoms with Crippen LogP contribution in [0.2, 0.25) is 0 Å². The Balaban J connectivity index is 1.24. The zero-order chi connectivity index (χ0) is 22.1. The number of aromatic nitrogens is 6. The molecule has 164 valence electrons. The van der Waals surface area contributed by atoms with Crippen molar-refractivity contribution < 1.29 is 0 Å². The summed E-state index contributed by atoms with van der Waals surface area (Å²) in [5.41, 5.74) is 4.51. The van der Waals surface area contributed by atoms with Crippen LogP contribution in [0.5, 0.6) is 0 Å². The fraction of sp³-hybridized carbons (Fsp3) is 0.348. The molecule has 9 nitrogen and oxygen atoms in total. The number of rotatable bonds is 5. The minimum Gasteiger partial charge on any atom is -0.354 e. The molecule has 0 N–H and O–H groups in total. The van der Waals surface area contributed by atoms with E-state index in [1.165, 1.54) is 0 Å². The van der Waals surface area contributed by atoms with E-state index >= 15 is 0 Å².